The van der Waals surface area contributed by atoms with Gasteiger partial charge in [-0.05, 0) is 60.2 Å². The summed E-state index contributed by atoms with van der Waals surface area (Å²) in [4.78, 5) is 27.4. The monoisotopic (exact) mass is 479 g/mol. The van der Waals surface area contributed by atoms with Crippen LogP contribution in [0, 0.1) is 11.6 Å². The molecule has 0 unspecified atom stereocenters. The first-order valence-electron chi connectivity index (χ1n) is 10.4. The summed E-state index contributed by atoms with van der Waals surface area (Å²) in [6.45, 7) is 0.843. The molecule has 3 rings (SSSR count). The Morgan fingerprint density at radius 3 is 2.42 bits per heavy atom. The summed E-state index contributed by atoms with van der Waals surface area (Å²) in [7, 11) is 3.13. The number of methoxy groups -OCH3 is 2. The van der Waals surface area contributed by atoms with Crippen LogP contribution in [-0.4, -0.2) is 55.7 Å². The largest absolute Gasteiger partial charge is 0.493 e. The quantitative estimate of drug-likeness (QED) is 0.602. The molecule has 1 atom stereocenters. The summed E-state index contributed by atoms with van der Waals surface area (Å²) < 4.78 is 37.4. The highest BCUT2D eigenvalue weighted by atomic mass is 32.2. The van der Waals surface area contributed by atoms with Gasteiger partial charge in [0.05, 0.1) is 14.2 Å². The van der Waals surface area contributed by atoms with E-state index >= 15 is 0 Å². The highest BCUT2D eigenvalue weighted by molar-refractivity contribution is 7.98. The molecule has 3 amide bonds. The molecule has 10 heteroatoms. The highest BCUT2D eigenvalue weighted by Crippen LogP contribution is 2.33. The second-order valence-corrected chi connectivity index (χ2v) is 8.53. The van der Waals surface area contributed by atoms with Crippen molar-refractivity contribution in [3.8, 4) is 11.5 Å². The molecule has 0 saturated carbocycles. The Hall–Kier alpha value is -3.01. The van der Waals surface area contributed by atoms with E-state index in [1.54, 1.807) is 19.1 Å². The van der Waals surface area contributed by atoms with Gasteiger partial charge in [-0.3, -0.25) is 4.79 Å². The second kappa shape index (κ2) is 11.2. The lowest BCUT2D eigenvalue weighted by Crippen LogP contribution is -2.50. The van der Waals surface area contributed by atoms with Crippen molar-refractivity contribution in [3.63, 3.8) is 0 Å². The number of fused-ring (bicyclic) bond motifs is 1. The van der Waals surface area contributed by atoms with Gasteiger partial charge in [0.25, 0.3) is 0 Å². The van der Waals surface area contributed by atoms with Crippen LogP contribution < -0.4 is 20.1 Å². The first kappa shape index (κ1) is 24.6. The molecule has 7 nitrogen and oxygen atoms in total. The van der Waals surface area contributed by atoms with Crippen molar-refractivity contribution in [1.82, 2.24) is 10.2 Å². The van der Waals surface area contributed by atoms with E-state index in [-0.39, 0.29) is 11.7 Å². The van der Waals surface area contributed by atoms with Crippen LogP contribution in [0.1, 0.15) is 17.5 Å². The number of anilines is 1. The molecular weight excluding hydrogens is 452 g/mol. The standard InChI is InChI=1S/C23H27F2N3O4S/c1-31-20-10-14-6-8-28(13-15(14)11-21(20)32-2)23(30)27-19(7-9-33-3)22(29)26-16-4-5-17(24)18(25)12-16/h4-5,10-12,19H,6-9,13H2,1-3H3,(H,26,29)(H,27,30)/t19-/m0/s1. The lowest BCUT2D eigenvalue weighted by atomic mass is 9.99. The molecule has 33 heavy (non-hydrogen) atoms. The maximum atomic E-state index is 13.5. The van der Waals surface area contributed by atoms with Crippen molar-refractivity contribution < 1.29 is 27.8 Å². The zero-order valence-corrected chi connectivity index (χ0v) is 19.6. The Morgan fingerprint density at radius 2 is 1.79 bits per heavy atom. The Morgan fingerprint density at radius 1 is 1.09 bits per heavy atom. The van der Waals surface area contributed by atoms with E-state index in [1.165, 1.54) is 17.8 Å². The molecule has 0 spiro atoms. The summed E-state index contributed by atoms with van der Waals surface area (Å²) in [5.74, 6) is -0.693. The first-order valence-corrected chi connectivity index (χ1v) is 11.8. The summed E-state index contributed by atoms with van der Waals surface area (Å²) in [6, 6.07) is 5.69. The van der Waals surface area contributed by atoms with Gasteiger partial charge in [0.1, 0.15) is 6.04 Å². The second-order valence-electron chi connectivity index (χ2n) is 7.55. The minimum atomic E-state index is -1.06. The van der Waals surface area contributed by atoms with E-state index < -0.39 is 23.6 Å². The van der Waals surface area contributed by atoms with Crippen molar-refractivity contribution >= 4 is 29.4 Å². The lowest BCUT2D eigenvalue weighted by Gasteiger charge is -2.31. The van der Waals surface area contributed by atoms with Crippen LogP contribution in [-0.2, 0) is 17.8 Å². The van der Waals surface area contributed by atoms with Crippen molar-refractivity contribution in [2.24, 2.45) is 0 Å². The maximum absolute atomic E-state index is 13.5. The van der Waals surface area contributed by atoms with Gasteiger partial charge < -0.3 is 25.0 Å². The fourth-order valence-electron chi connectivity index (χ4n) is 3.60. The van der Waals surface area contributed by atoms with Crippen molar-refractivity contribution in [3.05, 3.63) is 53.1 Å². The molecule has 1 aliphatic rings. The number of hydrogen-bond donors (Lipinski definition) is 2. The summed E-state index contributed by atoms with van der Waals surface area (Å²) >= 11 is 1.54. The fraction of sp³-hybridized carbons (Fsp3) is 0.391. The molecule has 2 N–H and O–H groups in total. The summed E-state index contributed by atoms with van der Waals surface area (Å²) in [6.07, 6.45) is 2.92. The number of thioether (sulfide) groups is 1. The molecule has 178 valence electrons. The van der Waals surface area contributed by atoms with Crippen LogP contribution in [0.5, 0.6) is 11.5 Å². The van der Waals surface area contributed by atoms with E-state index in [0.29, 0.717) is 43.2 Å². The molecule has 0 saturated heterocycles. The molecule has 2 aromatic carbocycles. The topological polar surface area (TPSA) is 79.9 Å². The third-order valence-corrected chi connectivity index (χ3v) is 6.06. The highest BCUT2D eigenvalue weighted by Gasteiger charge is 2.27. The number of ether oxygens (including phenoxy) is 2. The van der Waals surface area contributed by atoms with Gasteiger partial charge in [0.15, 0.2) is 23.1 Å². The zero-order valence-electron chi connectivity index (χ0n) is 18.7. The molecule has 0 radical (unpaired) electrons. The smallest absolute Gasteiger partial charge is 0.318 e. The molecule has 0 aliphatic carbocycles. The van der Waals surface area contributed by atoms with Crippen molar-refractivity contribution in [2.45, 2.75) is 25.4 Å². The van der Waals surface area contributed by atoms with Gasteiger partial charge in [-0.1, -0.05) is 0 Å². The molecule has 0 aromatic heterocycles. The van der Waals surface area contributed by atoms with Gasteiger partial charge in [0, 0.05) is 24.8 Å². The number of amides is 3. The predicted molar refractivity (Wildman–Crippen MR) is 124 cm³/mol. The number of halogens is 2. The number of nitrogens with zero attached hydrogens (tertiary/aromatic N) is 1. The van der Waals surface area contributed by atoms with Crippen LogP contribution in [0.25, 0.3) is 0 Å². The number of urea groups is 1. The van der Waals surface area contributed by atoms with E-state index in [1.807, 2.05) is 18.4 Å². The van der Waals surface area contributed by atoms with Gasteiger partial charge in [-0.15, -0.1) is 0 Å². The summed E-state index contributed by atoms with van der Waals surface area (Å²) in [5.41, 5.74) is 2.14. The van der Waals surface area contributed by atoms with Crippen molar-refractivity contribution in [1.29, 1.82) is 0 Å². The Bertz CT molecular complexity index is 1020. The van der Waals surface area contributed by atoms with Crippen LogP contribution >= 0.6 is 11.8 Å². The zero-order chi connectivity index (χ0) is 24.0. The first-order chi connectivity index (χ1) is 15.9. The Kier molecular flexibility index (Phi) is 8.37. The SMILES string of the molecule is COc1cc2c(cc1OC)CN(C(=O)N[C@@H](CCSC)C(=O)Nc1ccc(F)c(F)c1)CC2. The van der Waals surface area contributed by atoms with E-state index in [4.69, 9.17) is 9.47 Å². The number of hydrogen-bond acceptors (Lipinski definition) is 5. The van der Waals surface area contributed by atoms with Gasteiger partial charge in [-0.2, -0.15) is 11.8 Å². The van der Waals surface area contributed by atoms with E-state index in [2.05, 4.69) is 10.6 Å². The third kappa shape index (κ3) is 6.07. The normalized spacial score (nSPS) is 13.7. The van der Waals surface area contributed by atoms with E-state index in [9.17, 15) is 18.4 Å². The number of rotatable bonds is 8. The number of carbonyl (C=O) groups is 2. The lowest BCUT2D eigenvalue weighted by molar-refractivity contribution is -0.118. The van der Waals surface area contributed by atoms with Crippen LogP contribution in [0.4, 0.5) is 19.3 Å². The average molecular weight is 480 g/mol. The maximum Gasteiger partial charge on any atom is 0.318 e. The van der Waals surface area contributed by atoms with Crippen LogP contribution in [0.15, 0.2) is 30.3 Å². The molecule has 2 aromatic rings. The van der Waals surface area contributed by atoms with Crippen molar-refractivity contribution in [2.75, 3.05) is 38.1 Å². The fourth-order valence-corrected chi connectivity index (χ4v) is 4.08. The number of nitrogens with one attached hydrogen (secondary N) is 2. The Balaban J connectivity index is 1.69. The molecule has 0 bridgehead atoms. The molecular formula is C23H27F2N3O4S. The minimum Gasteiger partial charge on any atom is -0.493 e. The Labute approximate surface area is 195 Å². The molecule has 1 heterocycles. The third-order valence-electron chi connectivity index (χ3n) is 5.42. The van der Waals surface area contributed by atoms with Crippen LogP contribution in [0.3, 0.4) is 0 Å². The predicted octanol–water partition coefficient (Wildman–Crippen LogP) is 3.81. The van der Waals surface area contributed by atoms with E-state index in [0.717, 1.165) is 23.3 Å². The van der Waals surface area contributed by atoms with Gasteiger partial charge in [0.2, 0.25) is 5.91 Å². The minimum absolute atomic E-state index is 0.121. The van der Waals surface area contributed by atoms with Crippen LogP contribution in [0.2, 0.25) is 0 Å². The molecule has 0 fully saturated rings. The number of benzene rings is 2. The van der Waals surface area contributed by atoms with Gasteiger partial charge >= 0.3 is 6.03 Å². The van der Waals surface area contributed by atoms with Gasteiger partial charge in [-0.25, -0.2) is 13.6 Å². The average Bonchev–Trinajstić information content (AvgIpc) is 2.82. The number of carbonyl (C=O) groups excluding carboxylic acids is 2. The summed E-state index contributed by atoms with van der Waals surface area (Å²) in [5, 5.41) is 5.34. The molecule has 1 aliphatic heterocycles.